The third-order valence-corrected chi connectivity index (χ3v) is 4.85. The van der Waals surface area contributed by atoms with Crippen molar-refractivity contribution in [1.82, 2.24) is 20.2 Å². The maximum atomic E-state index is 10.5. The molecule has 0 bridgehead atoms. The molecule has 0 unspecified atom stereocenters. The highest BCUT2D eigenvalue weighted by atomic mass is 32.2. The van der Waals surface area contributed by atoms with Gasteiger partial charge in [-0.1, -0.05) is 18.2 Å². The zero-order chi connectivity index (χ0) is 21.0. The van der Waals surface area contributed by atoms with Crippen molar-refractivity contribution in [3.05, 3.63) is 41.8 Å². The normalized spacial score (nSPS) is 12.0. The molecule has 156 valence electrons. The van der Waals surface area contributed by atoms with E-state index in [1.807, 2.05) is 35.8 Å². The second-order valence-corrected chi connectivity index (χ2v) is 8.10. The fraction of sp³-hybridized carbons (Fsp3) is 0.400. The predicted molar refractivity (Wildman–Crippen MR) is 113 cm³/mol. The number of hydrogen-bond acceptors (Lipinski definition) is 8. The summed E-state index contributed by atoms with van der Waals surface area (Å²) in [6.45, 7) is 10.6. The average Bonchev–Trinajstić information content (AvgIpc) is 3.02. The minimum Gasteiger partial charge on any atom is -0.389 e. The molecule has 0 radical (unpaired) electrons. The number of aliphatic hydroxyl groups is 1. The maximum absolute atomic E-state index is 10.5. The predicted octanol–water partition coefficient (Wildman–Crippen LogP) is 3.54. The molecule has 0 saturated carbocycles. The van der Waals surface area contributed by atoms with Gasteiger partial charge in [0.1, 0.15) is 23.0 Å². The van der Waals surface area contributed by atoms with Gasteiger partial charge in [-0.3, -0.25) is 4.84 Å². The van der Waals surface area contributed by atoms with Gasteiger partial charge < -0.3 is 19.2 Å². The molecule has 0 aliphatic rings. The van der Waals surface area contributed by atoms with Gasteiger partial charge in [0.25, 0.3) is 0 Å². The second-order valence-electron chi connectivity index (χ2n) is 7.06. The Balaban J connectivity index is 2.21. The number of nitrogens with zero attached hydrogens (tertiary/aromatic N) is 3. The third kappa shape index (κ3) is 5.06. The van der Waals surface area contributed by atoms with Crippen molar-refractivity contribution in [2.75, 3.05) is 13.7 Å². The van der Waals surface area contributed by atoms with Crippen LogP contribution < -0.4 is 5.64 Å². The quantitative estimate of drug-likeness (QED) is 0.294. The van der Waals surface area contributed by atoms with Crippen molar-refractivity contribution in [3.8, 4) is 0 Å². The van der Waals surface area contributed by atoms with E-state index in [1.165, 1.54) is 18.9 Å². The topological polar surface area (TPSA) is 90.7 Å². The van der Waals surface area contributed by atoms with Crippen LogP contribution in [0.5, 0.6) is 0 Å². The summed E-state index contributed by atoms with van der Waals surface area (Å²) in [6, 6.07) is 7.85. The molecule has 0 saturated heterocycles. The summed E-state index contributed by atoms with van der Waals surface area (Å²) >= 11 is 1.24. The molecule has 1 aromatic carbocycles. The lowest BCUT2D eigenvalue weighted by Gasteiger charge is -2.20. The van der Waals surface area contributed by atoms with E-state index < -0.39 is 5.60 Å². The third-order valence-electron chi connectivity index (χ3n) is 4.06. The number of nitrogens with one attached hydrogen (secondary N) is 1. The van der Waals surface area contributed by atoms with Crippen molar-refractivity contribution in [2.45, 2.75) is 44.5 Å². The van der Waals surface area contributed by atoms with Crippen LogP contribution in [0.2, 0.25) is 0 Å². The number of rotatable bonds is 10. The van der Waals surface area contributed by atoms with Crippen molar-refractivity contribution >= 4 is 33.7 Å². The lowest BCUT2D eigenvalue weighted by Crippen LogP contribution is -2.27. The Kier molecular flexibility index (Phi) is 6.76. The Labute approximate surface area is 173 Å². The van der Waals surface area contributed by atoms with Crippen LogP contribution in [-0.2, 0) is 27.6 Å². The highest BCUT2D eigenvalue weighted by molar-refractivity contribution is 8.03. The molecular weight excluding hydrogens is 392 g/mol. The van der Waals surface area contributed by atoms with Gasteiger partial charge in [0.05, 0.1) is 30.3 Å². The monoisotopic (exact) mass is 418 g/mol. The zero-order valence-corrected chi connectivity index (χ0v) is 17.9. The first-order valence-electron chi connectivity index (χ1n) is 9.23. The number of thioether (sulfide) groups is 1. The van der Waals surface area contributed by atoms with Crippen LogP contribution >= 0.6 is 11.8 Å². The fourth-order valence-corrected chi connectivity index (χ4v) is 3.68. The van der Waals surface area contributed by atoms with Crippen LogP contribution in [0.25, 0.3) is 21.9 Å². The average molecular weight is 419 g/mol. The van der Waals surface area contributed by atoms with Gasteiger partial charge in [0.15, 0.2) is 5.09 Å². The Morgan fingerprint density at radius 3 is 2.76 bits per heavy atom. The molecule has 0 atom stereocenters. The van der Waals surface area contributed by atoms with E-state index in [2.05, 4.69) is 12.2 Å². The molecule has 8 nitrogen and oxygen atoms in total. The van der Waals surface area contributed by atoms with Crippen molar-refractivity contribution < 1.29 is 19.5 Å². The number of aromatic nitrogens is 3. The zero-order valence-electron chi connectivity index (χ0n) is 17.1. The van der Waals surface area contributed by atoms with Crippen LogP contribution in [0.4, 0.5) is 0 Å². The van der Waals surface area contributed by atoms with Gasteiger partial charge in [-0.15, -0.1) is 0 Å². The van der Waals surface area contributed by atoms with Crippen molar-refractivity contribution in [2.24, 2.45) is 0 Å². The summed E-state index contributed by atoms with van der Waals surface area (Å²) in [5.74, 6) is 0.727. The van der Waals surface area contributed by atoms with E-state index in [0.717, 1.165) is 22.2 Å². The first-order chi connectivity index (χ1) is 13.8. The molecule has 0 aliphatic heterocycles. The minimum absolute atomic E-state index is 0.336. The molecule has 0 spiro atoms. The standard InChI is InChI=1S/C20H26N4O4S/c1-6-27-11-16-22-17-18(24(16)12-20(3,4)25)14-9-7-8-10-15(14)21-19(17)29-13(2)28-23-26-5/h7-10,23,25H,2,6,11-12H2,1,3-5H3. The van der Waals surface area contributed by atoms with E-state index in [4.69, 9.17) is 24.4 Å². The van der Waals surface area contributed by atoms with Gasteiger partial charge in [-0.2, -0.15) is 0 Å². The van der Waals surface area contributed by atoms with E-state index >= 15 is 0 Å². The van der Waals surface area contributed by atoms with Crippen LogP contribution in [0.15, 0.2) is 41.0 Å². The smallest absolute Gasteiger partial charge is 0.182 e. The molecule has 9 heteroatoms. The summed E-state index contributed by atoms with van der Waals surface area (Å²) in [7, 11) is 1.45. The summed E-state index contributed by atoms with van der Waals surface area (Å²) in [5, 5.41) is 12.5. The Bertz CT molecular complexity index is 1010. The largest absolute Gasteiger partial charge is 0.389 e. The SMILES string of the molecule is C=C(ONOC)Sc1nc2ccccc2c2c1nc(COCC)n2CC(C)(C)O. The number of ether oxygens (including phenoxy) is 1. The highest BCUT2D eigenvalue weighted by Gasteiger charge is 2.23. The van der Waals surface area contributed by atoms with Gasteiger partial charge in [0, 0.05) is 12.0 Å². The first-order valence-corrected chi connectivity index (χ1v) is 10.0. The molecule has 29 heavy (non-hydrogen) atoms. The molecule has 2 heterocycles. The molecule has 0 aliphatic carbocycles. The molecule has 0 amide bonds. The van der Waals surface area contributed by atoms with E-state index in [0.29, 0.717) is 35.4 Å². The number of pyridine rings is 1. The highest BCUT2D eigenvalue weighted by Crippen LogP contribution is 2.35. The molecule has 2 aromatic heterocycles. The Hall–Kier alpha value is -2.17. The van der Waals surface area contributed by atoms with E-state index in [-0.39, 0.29) is 0 Å². The number of fused-ring (bicyclic) bond motifs is 3. The molecule has 3 rings (SSSR count). The van der Waals surface area contributed by atoms with Crippen LogP contribution in [-0.4, -0.2) is 39.0 Å². The first kappa shape index (κ1) is 21.5. The van der Waals surface area contributed by atoms with E-state index in [9.17, 15) is 5.11 Å². The van der Waals surface area contributed by atoms with Crippen molar-refractivity contribution in [1.29, 1.82) is 0 Å². The number of benzene rings is 1. The van der Waals surface area contributed by atoms with Crippen LogP contribution in [0, 0.1) is 0 Å². The molecule has 3 aromatic rings. The summed E-state index contributed by atoms with van der Waals surface area (Å²) in [5.41, 5.74) is 3.78. The summed E-state index contributed by atoms with van der Waals surface area (Å²) < 4.78 is 7.64. The van der Waals surface area contributed by atoms with Crippen molar-refractivity contribution in [3.63, 3.8) is 0 Å². The van der Waals surface area contributed by atoms with Gasteiger partial charge >= 0.3 is 0 Å². The molecule has 2 N–H and O–H groups in total. The number of para-hydroxylation sites is 1. The maximum Gasteiger partial charge on any atom is 0.182 e. The lowest BCUT2D eigenvalue weighted by molar-refractivity contribution is -0.113. The van der Waals surface area contributed by atoms with Gasteiger partial charge in [0.2, 0.25) is 0 Å². The van der Waals surface area contributed by atoms with Gasteiger partial charge in [-0.25, -0.2) is 9.97 Å². The van der Waals surface area contributed by atoms with Crippen LogP contribution in [0.1, 0.15) is 26.6 Å². The summed E-state index contributed by atoms with van der Waals surface area (Å²) in [6.07, 6.45) is 0. The van der Waals surface area contributed by atoms with E-state index in [1.54, 1.807) is 13.8 Å². The second kappa shape index (κ2) is 9.10. The minimum atomic E-state index is -0.929. The number of hydrogen-bond donors (Lipinski definition) is 2. The molecular formula is C20H26N4O4S. The van der Waals surface area contributed by atoms with Gasteiger partial charge in [-0.05, 0) is 50.8 Å². The van der Waals surface area contributed by atoms with Crippen LogP contribution in [0.3, 0.4) is 0 Å². The summed E-state index contributed by atoms with van der Waals surface area (Å²) in [4.78, 5) is 19.5. The lowest BCUT2D eigenvalue weighted by atomic mass is 10.1. The molecule has 0 fully saturated rings. The Morgan fingerprint density at radius 1 is 1.31 bits per heavy atom. The Morgan fingerprint density at radius 2 is 2.07 bits per heavy atom. The fourth-order valence-electron chi connectivity index (χ4n) is 3.00. The number of imidazole rings is 1.